The zero-order valence-electron chi connectivity index (χ0n) is 11.9. The molecule has 1 aliphatic rings. The minimum Gasteiger partial charge on any atom is -0.372 e. The number of rotatable bonds is 3. The number of hydrogen-bond acceptors (Lipinski definition) is 4. The van der Waals surface area contributed by atoms with Gasteiger partial charge < -0.3 is 10.6 Å². The van der Waals surface area contributed by atoms with Crippen molar-refractivity contribution in [1.29, 1.82) is 0 Å². The van der Waals surface area contributed by atoms with Crippen molar-refractivity contribution in [1.82, 2.24) is 15.4 Å². The Kier molecular flexibility index (Phi) is 3.85. The maximum Gasteiger partial charge on any atom is 0.271 e. The Morgan fingerprint density at radius 2 is 1.71 bits per heavy atom. The Morgan fingerprint density at radius 3 is 2.33 bits per heavy atom. The van der Waals surface area contributed by atoms with E-state index in [9.17, 15) is 4.79 Å². The molecule has 6 nitrogen and oxygen atoms in total. The van der Waals surface area contributed by atoms with Crippen molar-refractivity contribution in [3.63, 3.8) is 0 Å². The number of benzene rings is 1. The highest BCUT2D eigenvalue weighted by molar-refractivity contribution is 5.96. The summed E-state index contributed by atoms with van der Waals surface area (Å²) in [5, 5.41) is 10.3. The summed E-state index contributed by atoms with van der Waals surface area (Å²) in [6.07, 6.45) is 5.12. The lowest BCUT2D eigenvalue weighted by Gasteiger charge is -2.22. The van der Waals surface area contributed by atoms with Crippen molar-refractivity contribution < 1.29 is 4.79 Å². The Labute approximate surface area is 123 Å². The zero-order chi connectivity index (χ0) is 14.7. The SMILES string of the molecule is NC(=O)c1n[nH]nc1-c1ccc(N2CCCCCC2)cc1. The third-order valence-electron chi connectivity index (χ3n) is 3.89. The number of primary amides is 1. The molecule has 1 amide bonds. The van der Waals surface area contributed by atoms with E-state index in [4.69, 9.17) is 5.73 Å². The summed E-state index contributed by atoms with van der Waals surface area (Å²) in [7, 11) is 0. The van der Waals surface area contributed by atoms with Gasteiger partial charge in [-0.1, -0.05) is 25.0 Å². The van der Waals surface area contributed by atoms with Gasteiger partial charge in [-0.3, -0.25) is 4.79 Å². The summed E-state index contributed by atoms with van der Waals surface area (Å²) in [5.41, 5.74) is 8.03. The van der Waals surface area contributed by atoms with Crippen molar-refractivity contribution in [3.05, 3.63) is 30.0 Å². The summed E-state index contributed by atoms with van der Waals surface area (Å²) < 4.78 is 0. The van der Waals surface area contributed by atoms with E-state index < -0.39 is 5.91 Å². The molecular formula is C15H19N5O. The highest BCUT2D eigenvalue weighted by atomic mass is 16.1. The number of anilines is 1. The van der Waals surface area contributed by atoms with Gasteiger partial charge in [-0.15, -0.1) is 0 Å². The van der Waals surface area contributed by atoms with Crippen molar-refractivity contribution in [3.8, 4) is 11.3 Å². The third-order valence-corrected chi connectivity index (χ3v) is 3.89. The molecule has 2 aromatic rings. The molecule has 1 saturated heterocycles. The minimum absolute atomic E-state index is 0.178. The smallest absolute Gasteiger partial charge is 0.271 e. The monoisotopic (exact) mass is 285 g/mol. The number of nitrogens with zero attached hydrogens (tertiary/aromatic N) is 3. The predicted octanol–water partition coefficient (Wildman–Crippen LogP) is 1.95. The Bertz CT molecular complexity index is 611. The van der Waals surface area contributed by atoms with E-state index in [1.165, 1.54) is 31.4 Å². The average Bonchev–Trinajstić information content (AvgIpc) is 2.83. The van der Waals surface area contributed by atoms with Gasteiger partial charge in [-0.2, -0.15) is 15.4 Å². The second-order valence-electron chi connectivity index (χ2n) is 5.33. The third kappa shape index (κ3) is 2.89. The number of nitrogens with one attached hydrogen (secondary N) is 1. The van der Waals surface area contributed by atoms with Gasteiger partial charge in [0, 0.05) is 24.3 Å². The summed E-state index contributed by atoms with van der Waals surface area (Å²) >= 11 is 0. The van der Waals surface area contributed by atoms with Crippen molar-refractivity contribution in [2.75, 3.05) is 18.0 Å². The maximum atomic E-state index is 11.3. The molecule has 0 bridgehead atoms. The lowest BCUT2D eigenvalue weighted by Crippen LogP contribution is -2.23. The number of nitrogens with two attached hydrogens (primary N) is 1. The molecule has 0 atom stereocenters. The van der Waals surface area contributed by atoms with E-state index >= 15 is 0 Å². The van der Waals surface area contributed by atoms with Crippen molar-refractivity contribution in [2.24, 2.45) is 5.73 Å². The highest BCUT2D eigenvalue weighted by Crippen LogP contribution is 2.25. The molecule has 1 fully saturated rings. The molecule has 6 heteroatoms. The van der Waals surface area contributed by atoms with E-state index in [-0.39, 0.29) is 5.69 Å². The zero-order valence-corrected chi connectivity index (χ0v) is 11.9. The van der Waals surface area contributed by atoms with E-state index in [0.29, 0.717) is 5.69 Å². The van der Waals surface area contributed by atoms with Gasteiger partial charge >= 0.3 is 0 Å². The second kappa shape index (κ2) is 5.95. The quantitative estimate of drug-likeness (QED) is 0.902. The molecule has 110 valence electrons. The van der Waals surface area contributed by atoms with Crippen LogP contribution in [0.5, 0.6) is 0 Å². The Balaban J connectivity index is 1.83. The van der Waals surface area contributed by atoms with Crippen LogP contribution in [0.3, 0.4) is 0 Å². The van der Waals surface area contributed by atoms with Crippen LogP contribution in [-0.2, 0) is 0 Å². The molecule has 3 N–H and O–H groups in total. The van der Waals surface area contributed by atoms with Gasteiger partial charge in [0.05, 0.1) is 0 Å². The number of hydrogen-bond donors (Lipinski definition) is 2. The number of carbonyl (C=O) groups excluding carboxylic acids is 1. The van der Waals surface area contributed by atoms with Gasteiger partial charge in [-0.25, -0.2) is 0 Å². The molecule has 1 aromatic heterocycles. The van der Waals surface area contributed by atoms with Gasteiger partial charge in [-0.05, 0) is 25.0 Å². The lowest BCUT2D eigenvalue weighted by atomic mass is 10.1. The molecule has 3 rings (SSSR count). The van der Waals surface area contributed by atoms with Crippen LogP contribution in [0.25, 0.3) is 11.3 Å². The summed E-state index contributed by atoms with van der Waals surface area (Å²) in [5.74, 6) is -0.574. The molecule has 0 radical (unpaired) electrons. The maximum absolute atomic E-state index is 11.3. The van der Waals surface area contributed by atoms with Crippen LogP contribution in [0, 0.1) is 0 Å². The fourth-order valence-electron chi connectivity index (χ4n) is 2.76. The van der Waals surface area contributed by atoms with Gasteiger partial charge in [0.15, 0.2) is 5.69 Å². The molecular weight excluding hydrogens is 266 g/mol. The van der Waals surface area contributed by atoms with Gasteiger partial charge in [0.2, 0.25) is 0 Å². The van der Waals surface area contributed by atoms with E-state index in [1.54, 1.807) is 0 Å². The van der Waals surface area contributed by atoms with Crippen LogP contribution in [0.15, 0.2) is 24.3 Å². The molecule has 21 heavy (non-hydrogen) atoms. The molecule has 0 spiro atoms. The molecule has 1 aromatic carbocycles. The Morgan fingerprint density at radius 1 is 1.05 bits per heavy atom. The van der Waals surface area contributed by atoms with Gasteiger partial charge in [0.25, 0.3) is 5.91 Å². The number of amides is 1. The summed E-state index contributed by atoms with van der Waals surface area (Å²) in [6.45, 7) is 2.21. The van der Waals surface area contributed by atoms with Crippen LogP contribution in [-0.4, -0.2) is 34.4 Å². The largest absolute Gasteiger partial charge is 0.372 e. The first-order valence-electron chi connectivity index (χ1n) is 7.31. The first-order chi connectivity index (χ1) is 10.3. The lowest BCUT2D eigenvalue weighted by molar-refractivity contribution is 0.0996. The fraction of sp³-hybridized carbons (Fsp3) is 0.400. The van der Waals surface area contributed by atoms with E-state index in [1.807, 2.05) is 12.1 Å². The molecule has 0 saturated carbocycles. The van der Waals surface area contributed by atoms with Crippen LogP contribution in [0.1, 0.15) is 36.2 Å². The fourth-order valence-corrected chi connectivity index (χ4v) is 2.76. The number of H-pyrrole nitrogens is 1. The van der Waals surface area contributed by atoms with Crippen molar-refractivity contribution >= 4 is 11.6 Å². The van der Waals surface area contributed by atoms with Crippen molar-refractivity contribution in [2.45, 2.75) is 25.7 Å². The van der Waals surface area contributed by atoms with Gasteiger partial charge in [0.1, 0.15) is 5.69 Å². The second-order valence-corrected chi connectivity index (χ2v) is 5.33. The molecule has 0 unspecified atom stereocenters. The normalized spacial score (nSPS) is 15.7. The standard InChI is InChI=1S/C15H19N5O/c16-15(21)14-13(17-19-18-14)11-5-7-12(8-6-11)20-9-3-1-2-4-10-20/h5-8H,1-4,9-10H2,(H2,16,21)(H,17,18,19). The van der Waals surface area contributed by atoms with Crippen LogP contribution < -0.4 is 10.6 Å². The molecule has 1 aliphatic heterocycles. The number of aromatic nitrogens is 3. The van der Waals surface area contributed by atoms with Crippen LogP contribution >= 0.6 is 0 Å². The predicted molar refractivity (Wildman–Crippen MR) is 81.0 cm³/mol. The Hall–Kier alpha value is -2.37. The minimum atomic E-state index is -0.574. The summed E-state index contributed by atoms with van der Waals surface area (Å²) in [4.78, 5) is 13.7. The van der Waals surface area contributed by atoms with Crippen LogP contribution in [0.2, 0.25) is 0 Å². The number of carbonyl (C=O) groups is 1. The molecule has 2 heterocycles. The highest BCUT2D eigenvalue weighted by Gasteiger charge is 2.16. The first kappa shape index (κ1) is 13.6. The van der Waals surface area contributed by atoms with E-state index in [2.05, 4.69) is 32.4 Å². The number of aromatic amines is 1. The average molecular weight is 285 g/mol. The first-order valence-corrected chi connectivity index (χ1v) is 7.31. The topological polar surface area (TPSA) is 87.9 Å². The van der Waals surface area contributed by atoms with Crippen LogP contribution in [0.4, 0.5) is 5.69 Å². The van der Waals surface area contributed by atoms with E-state index in [0.717, 1.165) is 18.7 Å². The summed E-state index contributed by atoms with van der Waals surface area (Å²) in [6, 6.07) is 8.06. The molecule has 0 aliphatic carbocycles.